The molecule has 0 radical (unpaired) electrons. The van der Waals surface area contributed by atoms with Crippen molar-refractivity contribution >= 4 is 45.6 Å². The molecule has 1 atom stereocenters. The molecule has 0 aliphatic heterocycles. The minimum atomic E-state index is -4.37. The van der Waals surface area contributed by atoms with Crippen LogP contribution in [0.15, 0.2) is 0 Å². The average molecular weight is 403 g/mol. The van der Waals surface area contributed by atoms with Crippen LogP contribution in [0.5, 0.6) is 0 Å². The first kappa shape index (κ1) is 28.6. The van der Waals surface area contributed by atoms with Gasteiger partial charge in [0, 0.05) is 0 Å². The Balaban J connectivity index is 0. The van der Waals surface area contributed by atoms with E-state index >= 15 is 0 Å². The molecule has 0 rings (SSSR count). The molecule has 0 aromatic heterocycles. The van der Waals surface area contributed by atoms with Crippen LogP contribution in [-0.2, 0) is 19.6 Å². The monoisotopic (exact) mass is 402 g/mol. The van der Waals surface area contributed by atoms with E-state index in [0.29, 0.717) is 6.42 Å². The van der Waals surface area contributed by atoms with Gasteiger partial charge in [-0.05, 0) is 6.42 Å². The zero-order valence-corrected chi connectivity index (χ0v) is 17.0. The zero-order valence-electron chi connectivity index (χ0n) is 16.2. The molecular formula is C19H39NaO5S. The van der Waals surface area contributed by atoms with Crippen LogP contribution in [-0.4, -0.2) is 60.9 Å². The van der Waals surface area contributed by atoms with E-state index in [1.54, 1.807) is 0 Å². The van der Waals surface area contributed by atoms with E-state index in [0.717, 1.165) is 26.4 Å². The molecule has 0 amide bonds. The molecule has 0 aromatic rings. The van der Waals surface area contributed by atoms with E-state index in [1.165, 1.54) is 64.2 Å². The zero-order chi connectivity index (χ0) is 19.0. The third kappa shape index (κ3) is 16.5. The Morgan fingerprint density at radius 3 is 1.46 bits per heavy atom. The molecule has 0 heterocycles. The SMILES string of the molecule is CCCCCCCCCCCCCCCCC(C(=O)OC)S(=O)(=O)O.[NaH]. The van der Waals surface area contributed by atoms with Gasteiger partial charge in [-0.3, -0.25) is 9.35 Å². The van der Waals surface area contributed by atoms with E-state index in [-0.39, 0.29) is 36.0 Å². The quantitative estimate of drug-likeness (QED) is 0.166. The van der Waals surface area contributed by atoms with Crippen LogP contribution in [0.2, 0.25) is 0 Å². The number of esters is 1. The van der Waals surface area contributed by atoms with Crippen LogP contribution in [0.3, 0.4) is 0 Å². The van der Waals surface area contributed by atoms with E-state index in [9.17, 15) is 13.2 Å². The number of hydrogen-bond donors (Lipinski definition) is 1. The number of carbonyl (C=O) groups is 1. The molecule has 26 heavy (non-hydrogen) atoms. The van der Waals surface area contributed by atoms with Gasteiger partial charge in [0.1, 0.15) is 0 Å². The van der Waals surface area contributed by atoms with Crippen LogP contribution >= 0.6 is 0 Å². The summed E-state index contributed by atoms with van der Waals surface area (Å²) < 4.78 is 35.8. The van der Waals surface area contributed by atoms with Crippen molar-refractivity contribution in [1.82, 2.24) is 0 Å². The molecule has 0 aromatic carbocycles. The summed E-state index contributed by atoms with van der Waals surface area (Å²) in [6.07, 6.45) is 17.1. The molecule has 0 saturated carbocycles. The number of ether oxygens (including phenoxy) is 1. The Bertz CT molecular complexity index is 426. The van der Waals surface area contributed by atoms with E-state index < -0.39 is 21.3 Å². The van der Waals surface area contributed by atoms with Gasteiger partial charge < -0.3 is 4.74 Å². The van der Waals surface area contributed by atoms with Gasteiger partial charge in [-0.2, -0.15) is 8.42 Å². The molecule has 0 aliphatic rings. The first-order valence-corrected chi connectivity index (χ1v) is 11.5. The second-order valence-corrected chi connectivity index (χ2v) is 8.51. The Labute approximate surface area is 183 Å². The van der Waals surface area contributed by atoms with Crippen molar-refractivity contribution in [3.8, 4) is 0 Å². The number of methoxy groups -OCH3 is 1. The van der Waals surface area contributed by atoms with Crippen LogP contribution in [0, 0.1) is 0 Å². The summed E-state index contributed by atoms with van der Waals surface area (Å²) in [5, 5.41) is -1.44. The number of carbonyl (C=O) groups excluding carboxylic acids is 1. The predicted octanol–water partition coefficient (Wildman–Crippen LogP) is 4.64. The maximum atomic E-state index is 11.4. The van der Waals surface area contributed by atoms with Gasteiger partial charge in [-0.15, -0.1) is 0 Å². The summed E-state index contributed by atoms with van der Waals surface area (Å²) in [5.74, 6) is -0.878. The van der Waals surface area contributed by atoms with Crippen molar-refractivity contribution in [2.75, 3.05) is 7.11 Å². The summed E-state index contributed by atoms with van der Waals surface area (Å²) in [5.41, 5.74) is 0. The fraction of sp³-hybridized carbons (Fsp3) is 0.947. The number of unbranched alkanes of at least 4 members (excludes halogenated alkanes) is 13. The third-order valence-electron chi connectivity index (χ3n) is 4.64. The fourth-order valence-electron chi connectivity index (χ4n) is 3.04. The Hall–Kier alpha value is 0.380. The van der Waals surface area contributed by atoms with Crippen molar-refractivity contribution in [3.05, 3.63) is 0 Å². The van der Waals surface area contributed by atoms with Crippen molar-refractivity contribution in [1.29, 1.82) is 0 Å². The Morgan fingerprint density at radius 1 is 0.808 bits per heavy atom. The molecule has 0 bridgehead atoms. The van der Waals surface area contributed by atoms with Gasteiger partial charge in [0.25, 0.3) is 10.1 Å². The van der Waals surface area contributed by atoms with E-state index in [2.05, 4.69) is 11.7 Å². The Kier molecular flexibility index (Phi) is 20.6. The van der Waals surface area contributed by atoms with E-state index in [1.807, 2.05) is 0 Å². The molecule has 0 spiro atoms. The van der Waals surface area contributed by atoms with Gasteiger partial charge in [0.05, 0.1) is 7.11 Å². The molecule has 7 heteroatoms. The normalized spacial score (nSPS) is 12.4. The van der Waals surface area contributed by atoms with Crippen molar-refractivity contribution in [2.24, 2.45) is 0 Å². The molecule has 0 saturated heterocycles. The van der Waals surface area contributed by atoms with Crippen LogP contribution in [0.4, 0.5) is 0 Å². The first-order valence-electron chi connectivity index (χ1n) is 9.97. The molecule has 5 nitrogen and oxygen atoms in total. The second kappa shape index (κ2) is 18.7. The van der Waals surface area contributed by atoms with Crippen LogP contribution < -0.4 is 0 Å². The molecule has 0 aliphatic carbocycles. The summed E-state index contributed by atoms with van der Waals surface area (Å²) in [4.78, 5) is 11.4. The van der Waals surface area contributed by atoms with Gasteiger partial charge in [0.15, 0.2) is 5.25 Å². The van der Waals surface area contributed by atoms with Gasteiger partial charge >= 0.3 is 35.5 Å². The fourth-order valence-corrected chi connectivity index (χ4v) is 3.85. The third-order valence-corrected chi connectivity index (χ3v) is 5.79. The van der Waals surface area contributed by atoms with Crippen molar-refractivity contribution in [2.45, 2.75) is 108 Å². The summed E-state index contributed by atoms with van der Waals surface area (Å²) in [6, 6.07) is 0. The van der Waals surface area contributed by atoms with E-state index in [4.69, 9.17) is 4.55 Å². The number of rotatable bonds is 17. The predicted molar refractivity (Wildman–Crippen MR) is 109 cm³/mol. The molecule has 1 unspecified atom stereocenters. The summed E-state index contributed by atoms with van der Waals surface area (Å²) in [6.45, 7) is 2.24. The first-order chi connectivity index (χ1) is 11.9. The van der Waals surface area contributed by atoms with Crippen LogP contribution in [0.1, 0.15) is 103 Å². The standard InChI is InChI=1S/C19H38O5S.Na.H/c1-3-4-5-6-7-8-9-10-11-12-13-14-15-16-17-18(19(20)24-2)25(21,22)23;;/h18H,3-17H2,1-2H3,(H,21,22,23);;. The average Bonchev–Trinajstić information content (AvgIpc) is 2.56. The number of hydrogen-bond acceptors (Lipinski definition) is 4. The van der Waals surface area contributed by atoms with Crippen molar-refractivity contribution in [3.63, 3.8) is 0 Å². The van der Waals surface area contributed by atoms with Gasteiger partial charge in [0.2, 0.25) is 0 Å². The summed E-state index contributed by atoms with van der Waals surface area (Å²) >= 11 is 0. The van der Waals surface area contributed by atoms with Gasteiger partial charge in [-0.1, -0.05) is 96.8 Å². The van der Waals surface area contributed by atoms with Gasteiger partial charge in [-0.25, -0.2) is 0 Å². The maximum absolute atomic E-state index is 11.4. The topological polar surface area (TPSA) is 80.7 Å². The summed E-state index contributed by atoms with van der Waals surface area (Å²) in [7, 11) is -3.24. The van der Waals surface area contributed by atoms with Crippen LogP contribution in [0.25, 0.3) is 0 Å². The molecule has 0 fully saturated rings. The Morgan fingerprint density at radius 2 is 1.15 bits per heavy atom. The molecular weight excluding hydrogens is 363 g/mol. The minimum absolute atomic E-state index is 0. The second-order valence-electron chi connectivity index (χ2n) is 6.91. The molecule has 152 valence electrons. The van der Waals surface area contributed by atoms with Crippen molar-refractivity contribution < 1.29 is 22.5 Å². The molecule has 1 N–H and O–H groups in total.